The summed E-state index contributed by atoms with van der Waals surface area (Å²) in [5, 5.41) is 0. The summed E-state index contributed by atoms with van der Waals surface area (Å²) in [7, 11) is -5.21. The van der Waals surface area contributed by atoms with E-state index >= 15 is 0 Å². The van der Waals surface area contributed by atoms with Gasteiger partial charge in [-0.25, -0.2) is 8.42 Å². The lowest BCUT2D eigenvalue weighted by Gasteiger charge is -2.34. The van der Waals surface area contributed by atoms with Gasteiger partial charge in [0.2, 0.25) is 0 Å². The van der Waals surface area contributed by atoms with Gasteiger partial charge in [0.1, 0.15) is 0 Å². The molecule has 1 atom stereocenters. The third-order valence-electron chi connectivity index (χ3n) is 2.45. The Morgan fingerprint density at radius 3 is 2.40 bits per heavy atom. The molecule has 0 saturated carbocycles. The van der Waals surface area contributed by atoms with Crippen LogP contribution in [0.4, 0.5) is 13.2 Å². The molecule has 1 heterocycles. The van der Waals surface area contributed by atoms with Crippen LogP contribution in [0.5, 0.6) is 0 Å². The average molecular weight is 246 g/mol. The van der Waals surface area contributed by atoms with Gasteiger partial charge < -0.3 is 5.73 Å². The number of rotatable bonds is 2. The van der Waals surface area contributed by atoms with Gasteiger partial charge in [-0.15, -0.1) is 0 Å². The molecule has 1 aliphatic heterocycles. The maximum atomic E-state index is 12.3. The molecule has 1 rings (SSSR count). The minimum Gasteiger partial charge on any atom is -0.329 e. The number of sulfonamides is 1. The summed E-state index contributed by atoms with van der Waals surface area (Å²) in [6.07, 6.45) is 1.56. The van der Waals surface area contributed by atoms with Crippen molar-refractivity contribution in [3.05, 3.63) is 0 Å². The second kappa shape index (κ2) is 4.26. The predicted molar refractivity (Wildman–Crippen MR) is 48.4 cm³/mol. The van der Waals surface area contributed by atoms with E-state index in [1.165, 1.54) is 0 Å². The van der Waals surface area contributed by atoms with Crippen molar-refractivity contribution in [2.75, 3.05) is 13.1 Å². The Hall–Kier alpha value is -0.340. The van der Waals surface area contributed by atoms with Crippen LogP contribution in [0.1, 0.15) is 19.3 Å². The molecular formula is C7H13F3N2O2S. The van der Waals surface area contributed by atoms with Gasteiger partial charge in [-0.3, -0.25) is 0 Å². The van der Waals surface area contributed by atoms with E-state index in [0.29, 0.717) is 23.6 Å². The van der Waals surface area contributed by atoms with Crippen LogP contribution in [-0.2, 0) is 10.0 Å². The molecule has 4 nitrogen and oxygen atoms in total. The van der Waals surface area contributed by atoms with E-state index in [9.17, 15) is 21.6 Å². The van der Waals surface area contributed by atoms with E-state index in [-0.39, 0.29) is 13.1 Å². The Labute approximate surface area is 86.3 Å². The van der Waals surface area contributed by atoms with Crippen molar-refractivity contribution in [1.29, 1.82) is 0 Å². The topological polar surface area (TPSA) is 63.4 Å². The zero-order chi connectivity index (χ0) is 11.7. The second-order valence-electron chi connectivity index (χ2n) is 3.45. The van der Waals surface area contributed by atoms with Gasteiger partial charge in [-0.05, 0) is 12.8 Å². The fraction of sp³-hybridized carbons (Fsp3) is 1.00. The summed E-state index contributed by atoms with van der Waals surface area (Å²) in [5.74, 6) is 0. The summed E-state index contributed by atoms with van der Waals surface area (Å²) < 4.78 is 59.5. The molecule has 0 spiro atoms. The zero-order valence-electron chi connectivity index (χ0n) is 8.00. The van der Waals surface area contributed by atoms with Crippen molar-refractivity contribution < 1.29 is 21.6 Å². The number of nitrogens with zero attached hydrogens (tertiary/aromatic N) is 1. The summed E-state index contributed by atoms with van der Waals surface area (Å²) >= 11 is 0. The molecule has 90 valence electrons. The second-order valence-corrected chi connectivity index (χ2v) is 5.33. The molecule has 0 aromatic heterocycles. The van der Waals surface area contributed by atoms with Crippen LogP contribution in [0.25, 0.3) is 0 Å². The molecule has 0 amide bonds. The SMILES string of the molecule is NC[C@H]1CCCCN1S(=O)(=O)C(F)(F)F. The zero-order valence-corrected chi connectivity index (χ0v) is 8.81. The smallest absolute Gasteiger partial charge is 0.329 e. The molecule has 15 heavy (non-hydrogen) atoms. The Morgan fingerprint density at radius 2 is 1.93 bits per heavy atom. The number of alkyl halides is 3. The van der Waals surface area contributed by atoms with Crippen molar-refractivity contribution in [3.8, 4) is 0 Å². The molecule has 0 aliphatic carbocycles. The summed E-state index contributed by atoms with van der Waals surface area (Å²) in [6, 6.07) is -0.717. The van der Waals surface area contributed by atoms with Gasteiger partial charge in [0.05, 0.1) is 0 Å². The minimum absolute atomic E-state index is 0.0741. The maximum absolute atomic E-state index is 12.3. The molecule has 0 bridgehead atoms. The number of halogens is 3. The molecule has 0 unspecified atom stereocenters. The van der Waals surface area contributed by atoms with E-state index in [1.54, 1.807) is 0 Å². The molecule has 0 aromatic rings. The van der Waals surface area contributed by atoms with Crippen LogP contribution >= 0.6 is 0 Å². The van der Waals surface area contributed by atoms with Crippen molar-refractivity contribution in [2.45, 2.75) is 30.8 Å². The highest BCUT2D eigenvalue weighted by Gasteiger charge is 2.51. The molecule has 1 aliphatic rings. The average Bonchev–Trinajstić information content (AvgIpc) is 2.16. The quantitative estimate of drug-likeness (QED) is 0.778. The van der Waals surface area contributed by atoms with Gasteiger partial charge in [0.25, 0.3) is 0 Å². The van der Waals surface area contributed by atoms with Gasteiger partial charge in [-0.2, -0.15) is 17.5 Å². The molecular weight excluding hydrogens is 233 g/mol. The van der Waals surface area contributed by atoms with E-state index in [0.717, 1.165) is 0 Å². The van der Waals surface area contributed by atoms with Crippen LogP contribution in [0.3, 0.4) is 0 Å². The Kier molecular flexibility index (Phi) is 3.62. The van der Waals surface area contributed by atoms with E-state index in [2.05, 4.69) is 0 Å². The van der Waals surface area contributed by atoms with Gasteiger partial charge in [0.15, 0.2) is 0 Å². The molecule has 1 saturated heterocycles. The standard InChI is InChI=1S/C7H13F3N2O2S/c8-7(9,10)15(13,14)12-4-2-1-3-6(12)5-11/h6H,1-5,11H2/t6-/m1/s1. The summed E-state index contributed by atoms with van der Waals surface area (Å²) in [4.78, 5) is 0. The normalized spacial score (nSPS) is 25.5. The highest BCUT2D eigenvalue weighted by atomic mass is 32.2. The Morgan fingerprint density at radius 1 is 1.33 bits per heavy atom. The van der Waals surface area contributed by atoms with Crippen LogP contribution in [0.15, 0.2) is 0 Å². The first-order valence-electron chi connectivity index (χ1n) is 4.59. The Bertz CT molecular complexity index is 315. The molecule has 0 aromatic carbocycles. The lowest BCUT2D eigenvalue weighted by atomic mass is 10.1. The fourth-order valence-electron chi connectivity index (χ4n) is 1.66. The van der Waals surface area contributed by atoms with Gasteiger partial charge in [0, 0.05) is 19.1 Å². The van der Waals surface area contributed by atoms with Crippen LogP contribution in [0.2, 0.25) is 0 Å². The molecule has 8 heteroatoms. The fourth-order valence-corrected chi connectivity index (χ4v) is 2.88. The summed E-state index contributed by atoms with van der Waals surface area (Å²) in [6.45, 7) is -0.168. The Balaban J connectivity index is 2.94. The maximum Gasteiger partial charge on any atom is 0.511 e. The number of hydrogen-bond donors (Lipinski definition) is 1. The van der Waals surface area contributed by atoms with E-state index < -0.39 is 21.6 Å². The first-order chi connectivity index (χ1) is 6.80. The first-order valence-corrected chi connectivity index (χ1v) is 6.03. The summed E-state index contributed by atoms with van der Waals surface area (Å²) in [5.41, 5.74) is 0.0357. The highest BCUT2D eigenvalue weighted by molar-refractivity contribution is 7.90. The lowest BCUT2D eigenvalue weighted by molar-refractivity contribution is -0.0507. The third kappa shape index (κ3) is 2.43. The molecule has 1 fully saturated rings. The van der Waals surface area contributed by atoms with Crippen LogP contribution in [0, 0.1) is 0 Å². The minimum atomic E-state index is -5.22. The van der Waals surface area contributed by atoms with Crippen LogP contribution in [-0.4, -0.2) is 37.4 Å². The van der Waals surface area contributed by atoms with Gasteiger partial charge in [-0.1, -0.05) is 6.42 Å². The number of piperidine rings is 1. The van der Waals surface area contributed by atoms with Crippen molar-refractivity contribution >= 4 is 10.0 Å². The van der Waals surface area contributed by atoms with Gasteiger partial charge >= 0.3 is 15.5 Å². The molecule has 0 radical (unpaired) electrons. The number of nitrogens with two attached hydrogens (primary N) is 1. The van der Waals surface area contributed by atoms with E-state index in [1.807, 2.05) is 0 Å². The van der Waals surface area contributed by atoms with Crippen molar-refractivity contribution in [3.63, 3.8) is 0 Å². The van der Waals surface area contributed by atoms with E-state index in [4.69, 9.17) is 5.73 Å². The van der Waals surface area contributed by atoms with Crippen molar-refractivity contribution in [1.82, 2.24) is 4.31 Å². The third-order valence-corrected chi connectivity index (χ3v) is 4.13. The first kappa shape index (κ1) is 12.7. The largest absolute Gasteiger partial charge is 0.511 e. The predicted octanol–water partition coefficient (Wildman–Crippen LogP) is 0.649. The monoisotopic (exact) mass is 246 g/mol. The van der Waals surface area contributed by atoms with Crippen molar-refractivity contribution in [2.24, 2.45) is 5.73 Å². The molecule has 2 N–H and O–H groups in total. The number of hydrogen-bond acceptors (Lipinski definition) is 3. The highest BCUT2D eigenvalue weighted by Crippen LogP contribution is 2.31. The van der Waals surface area contributed by atoms with Crippen LogP contribution < -0.4 is 5.73 Å². The lowest BCUT2D eigenvalue weighted by Crippen LogP contribution is -2.51.